The summed E-state index contributed by atoms with van der Waals surface area (Å²) in [7, 11) is 0. The molecule has 1 amide bonds. The average molecular weight is 294 g/mol. The van der Waals surface area contributed by atoms with Gasteiger partial charge in [-0.05, 0) is 18.6 Å². The lowest BCUT2D eigenvalue weighted by Gasteiger charge is -2.09. The third-order valence-electron chi connectivity index (χ3n) is 2.84. The van der Waals surface area contributed by atoms with Crippen LogP contribution in [0.4, 0.5) is 0 Å². The maximum Gasteiger partial charge on any atom is 0.254 e. The van der Waals surface area contributed by atoms with Crippen LogP contribution in [0.5, 0.6) is 0 Å². The molecular formula is C14H16ClN3O2. The number of benzene rings is 1. The number of hydrogen-bond acceptors (Lipinski definition) is 3. The Balaban J connectivity index is 2.06. The maximum atomic E-state index is 11.8. The molecule has 6 heteroatoms. The molecule has 0 aliphatic rings. The molecule has 1 aromatic heterocycles. The molecule has 1 unspecified atom stereocenters. The Morgan fingerprint density at radius 3 is 2.95 bits per heavy atom. The fourth-order valence-electron chi connectivity index (χ4n) is 1.72. The molecule has 106 valence electrons. The normalized spacial score (nSPS) is 12.2. The summed E-state index contributed by atoms with van der Waals surface area (Å²) in [6.07, 6.45) is 3.15. The van der Waals surface area contributed by atoms with Gasteiger partial charge in [0.15, 0.2) is 0 Å². The van der Waals surface area contributed by atoms with E-state index in [9.17, 15) is 4.79 Å². The quantitative estimate of drug-likeness (QED) is 0.882. The molecule has 0 bridgehead atoms. The van der Waals surface area contributed by atoms with Crippen molar-refractivity contribution in [1.29, 1.82) is 0 Å². The smallest absolute Gasteiger partial charge is 0.254 e. The van der Waals surface area contributed by atoms with E-state index in [0.29, 0.717) is 17.1 Å². The Morgan fingerprint density at radius 2 is 2.25 bits per heavy atom. The molecule has 2 rings (SSSR count). The van der Waals surface area contributed by atoms with Crippen LogP contribution in [0.15, 0.2) is 36.7 Å². The molecule has 0 aliphatic heterocycles. The number of rotatable bonds is 5. The summed E-state index contributed by atoms with van der Waals surface area (Å²) >= 11 is 6.08. The monoisotopic (exact) mass is 293 g/mol. The number of carbonyl (C=O) groups is 1. The van der Waals surface area contributed by atoms with Gasteiger partial charge in [-0.3, -0.25) is 9.48 Å². The van der Waals surface area contributed by atoms with Crippen LogP contribution in [0.1, 0.15) is 22.8 Å². The van der Waals surface area contributed by atoms with E-state index in [4.69, 9.17) is 16.7 Å². The summed E-state index contributed by atoms with van der Waals surface area (Å²) in [5.74, 6) is -0.253. The van der Waals surface area contributed by atoms with E-state index < -0.39 is 0 Å². The molecule has 0 saturated carbocycles. The van der Waals surface area contributed by atoms with Crippen LogP contribution in [0.3, 0.4) is 0 Å². The topological polar surface area (TPSA) is 67.2 Å². The minimum atomic E-state index is -0.283. The third kappa shape index (κ3) is 3.59. The standard InChI is InChI=1S/C14H16ClN3O2/c1-10(9-19)17-14(20)12-6-16-18(8-12)7-11-4-2-3-5-13(11)15/h2-6,8,10,19H,7,9H2,1H3,(H,17,20). The van der Waals surface area contributed by atoms with Crippen molar-refractivity contribution in [3.05, 3.63) is 52.8 Å². The number of carbonyl (C=O) groups excluding carboxylic acids is 1. The van der Waals surface area contributed by atoms with Crippen molar-refractivity contribution >= 4 is 17.5 Å². The fourth-order valence-corrected chi connectivity index (χ4v) is 1.92. The van der Waals surface area contributed by atoms with Gasteiger partial charge in [0, 0.05) is 17.3 Å². The van der Waals surface area contributed by atoms with Crippen LogP contribution in [-0.2, 0) is 6.54 Å². The Morgan fingerprint density at radius 1 is 1.50 bits per heavy atom. The lowest BCUT2D eigenvalue weighted by Crippen LogP contribution is -2.34. The first-order valence-corrected chi connectivity index (χ1v) is 6.65. The minimum Gasteiger partial charge on any atom is -0.394 e. The molecule has 2 N–H and O–H groups in total. The van der Waals surface area contributed by atoms with Crippen LogP contribution >= 0.6 is 11.6 Å². The summed E-state index contributed by atoms with van der Waals surface area (Å²) in [6, 6.07) is 7.22. The predicted molar refractivity (Wildman–Crippen MR) is 76.8 cm³/mol. The number of nitrogens with zero attached hydrogens (tertiary/aromatic N) is 2. The Labute approximate surface area is 122 Å². The SMILES string of the molecule is CC(CO)NC(=O)c1cnn(Cc2ccccc2Cl)c1. The molecule has 0 fully saturated rings. The van der Waals surface area contributed by atoms with Crippen molar-refractivity contribution in [3.63, 3.8) is 0 Å². The largest absolute Gasteiger partial charge is 0.394 e. The molecule has 1 atom stereocenters. The van der Waals surface area contributed by atoms with Crippen LogP contribution < -0.4 is 5.32 Å². The van der Waals surface area contributed by atoms with Gasteiger partial charge in [-0.25, -0.2) is 0 Å². The number of aliphatic hydroxyl groups excluding tert-OH is 1. The minimum absolute atomic E-state index is 0.0977. The Kier molecular flexibility index (Phi) is 4.76. The van der Waals surface area contributed by atoms with Gasteiger partial charge in [0.05, 0.1) is 24.9 Å². The molecule has 5 nitrogen and oxygen atoms in total. The highest BCUT2D eigenvalue weighted by Crippen LogP contribution is 2.16. The van der Waals surface area contributed by atoms with Crippen LogP contribution in [0, 0.1) is 0 Å². The first-order valence-electron chi connectivity index (χ1n) is 6.27. The number of amides is 1. The number of aliphatic hydroxyl groups is 1. The van der Waals surface area contributed by atoms with Gasteiger partial charge >= 0.3 is 0 Å². The second-order valence-electron chi connectivity index (χ2n) is 4.58. The number of halogens is 1. The zero-order chi connectivity index (χ0) is 14.5. The lowest BCUT2D eigenvalue weighted by molar-refractivity contribution is 0.0922. The summed E-state index contributed by atoms with van der Waals surface area (Å²) in [4.78, 5) is 11.8. The van der Waals surface area contributed by atoms with Crippen molar-refractivity contribution in [3.8, 4) is 0 Å². The van der Waals surface area contributed by atoms with Gasteiger partial charge in [-0.15, -0.1) is 0 Å². The molecule has 0 saturated heterocycles. The highest BCUT2D eigenvalue weighted by atomic mass is 35.5. The third-order valence-corrected chi connectivity index (χ3v) is 3.21. The van der Waals surface area contributed by atoms with Gasteiger partial charge in [-0.2, -0.15) is 5.10 Å². The van der Waals surface area contributed by atoms with E-state index in [1.807, 2.05) is 24.3 Å². The van der Waals surface area contributed by atoms with E-state index in [1.54, 1.807) is 17.8 Å². The second-order valence-corrected chi connectivity index (χ2v) is 4.98. The zero-order valence-electron chi connectivity index (χ0n) is 11.1. The Bertz CT molecular complexity index is 598. The molecule has 0 aliphatic carbocycles. The molecule has 0 radical (unpaired) electrons. The first-order chi connectivity index (χ1) is 9.60. The van der Waals surface area contributed by atoms with E-state index >= 15 is 0 Å². The summed E-state index contributed by atoms with van der Waals surface area (Å²) in [6.45, 7) is 2.13. The molecule has 0 spiro atoms. The van der Waals surface area contributed by atoms with Crippen molar-refractivity contribution in [2.45, 2.75) is 19.5 Å². The van der Waals surface area contributed by atoms with Gasteiger partial charge in [0.25, 0.3) is 5.91 Å². The predicted octanol–water partition coefficient (Wildman–Crippen LogP) is 1.70. The fraction of sp³-hybridized carbons (Fsp3) is 0.286. The molecule has 20 heavy (non-hydrogen) atoms. The van der Waals surface area contributed by atoms with Crippen molar-refractivity contribution < 1.29 is 9.90 Å². The zero-order valence-corrected chi connectivity index (χ0v) is 11.8. The first kappa shape index (κ1) is 14.6. The van der Waals surface area contributed by atoms with Crippen molar-refractivity contribution in [2.75, 3.05) is 6.61 Å². The lowest BCUT2D eigenvalue weighted by atomic mass is 10.2. The summed E-state index contributed by atoms with van der Waals surface area (Å²) in [5.41, 5.74) is 1.39. The molecule has 1 heterocycles. The number of nitrogens with one attached hydrogen (secondary N) is 1. The summed E-state index contributed by atoms with van der Waals surface area (Å²) < 4.78 is 1.65. The number of aromatic nitrogens is 2. The summed E-state index contributed by atoms with van der Waals surface area (Å²) in [5, 5.41) is 16.4. The van der Waals surface area contributed by atoms with Gasteiger partial charge < -0.3 is 10.4 Å². The van der Waals surface area contributed by atoms with E-state index in [1.165, 1.54) is 6.20 Å². The van der Waals surface area contributed by atoms with Crippen LogP contribution in [0.25, 0.3) is 0 Å². The van der Waals surface area contributed by atoms with Gasteiger partial charge in [0.2, 0.25) is 0 Å². The van der Waals surface area contributed by atoms with E-state index in [2.05, 4.69) is 10.4 Å². The van der Waals surface area contributed by atoms with E-state index in [0.717, 1.165) is 5.56 Å². The van der Waals surface area contributed by atoms with Crippen molar-refractivity contribution in [1.82, 2.24) is 15.1 Å². The van der Waals surface area contributed by atoms with Gasteiger partial charge in [0.1, 0.15) is 0 Å². The Hall–Kier alpha value is -1.85. The van der Waals surface area contributed by atoms with Crippen LogP contribution in [0.2, 0.25) is 5.02 Å². The molecular weight excluding hydrogens is 278 g/mol. The van der Waals surface area contributed by atoms with Crippen LogP contribution in [-0.4, -0.2) is 33.4 Å². The second kappa shape index (κ2) is 6.54. The highest BCUT2D eigenvalue weighted by molar-refractivity contribution is 6.31. The van der Waals surface area contributed by atoms with Crippen molar-refractivity contribution in [2.24, 2.45) is 0 Å². The number of hydrogen-bond donors (Lipinski definition) is 2. The maximum absolute atomic E-state index is 11.8. The average Bonchev–Trinajstić information content (AvgIpc) is 2.90. The highest BCUT2D eigenvalue weighted by Gasteiger charge is 2.11. The van der Waals surface area contributed by atoms with E-state index in [-0.39, 0.29) is 18.6 Å². The molecule has 1 aromatic carbocycles. The van der Waals surface area contributed by atoms with Gasteiger partial charge in [-0.1, -0.05) is 29.8 Å². The molecule has 2 aromatic rings.